The van der Waals surface area contributed by atoms with Crippen molar-refractivity contribution in [2.75, 3.05) is 6.61 Å². The van der Waals surface area contributed by atoms with Crippen LogP contribution in [0.25, 0.3) is 0 Å². The highest BCUT2D eigenvalue weighted by atomic mass is 16.6. The van der Waals surface area contributed by atoms with E-state index in [1.165, 1.54) is 0 Å². The number of carbonyl (C=O) groups excluding carboxylic acids is 1. The monoisotopic (exact) mass is 103 g/mol. The molecule has 0 aromatic heterocycles. The van der Waals surface area contributed by atoms with Gasteiger partial charge in [0.15, 0.2) is 5.78 Å². The maximum Gasteiger partial charge on any atom is 0.160 e. The fraction of sp³-hybridized carbons (Fsp3) is 0.750. The first-order valence-electron chi connectivity index (χ1n) is 2.14. The van der Waals surface area contributed by atoms with Crippen LogP contribution in [0.2, 0.25) is 0 Å². The molecule has 42 valence electrons. The van der Waals surface area contributed by atoms with E-state index in [0.717, 1.165) is 0 Å². The second kappa shape index (κ2) is 3.77. The third-order valence-corrected chi connectivity index (χ3v) is 0.639. The van der Waals surface area contributed by atoms with Crippen molar-refractivity contribution in [2.45, 2.75) is 13.3 Å². The molecular formula is C4H9NO2. The maximum absolute atomic E-state index is 10.2. The predicted molar refractivity (Wildman–Crippen MR) is 25.4 cm³/mol. The highest BCUT2D eigenvalue weighted by molar-refractivity contribution is 5.79. The summed E-state index contributed by atoms with van der Waals surface area (Å²) in [6.07, 6.45) is 0.497. The van der Waals surface area contributed by atoms with Crippen LogP contribution >= 0.6 is 0 Å². The zero-order valence-electron chi connectivity index (χ0n) is 4.31. The van der Waals surface area contributed by atoms with Gasteiger partial charge in [-0.25, -0.2) is 5.90 Å². The van der Waals surface area contributed by atoms with Gasteiger partial charge in [-0.05, 0) is 0 Å². The Morgan fingerprint density at radius 1 is 1.86 bits per heavy atom. The molecule has 0 amide bonds. The Bertz CT molecular complexity index is 62.7. The molecule has 0 aliphatic carbocycles. The molecule has 0 saturated heterocycles. The van der Waals surface area contributed by atoms with Crippen molar-refractivity contribution in [3.8, 4) is 0 Å². The quantitative estimate of drug-likeness (QED) is 0.505. The standard InChI is InChI=1S/C4H9NO2/c1-2-4(6)3-7-5/h2-3,5H2,1H3. The Morgan fingerprint density at radius 3 is 2.57 bits per heavy atom. The van der Waals surface area contributed by atoms with Gasteiger partial charge in [-0.3, -0.25) is 9.63 Å². The number of nitrogens with two attached hydrogens (primary N) is 1. The van der Waals surface area contributed by atoms with Crippen molar-refractivity contribution in [1.82, 2.24) is 0 Å². The lowest BCUT2D eigenvalue weighted by Gasteiger charge is -1.89. The molecule has 0 aromatic carbocycles. The number of Topliss-reactive ketones (excluding diaryl/α,β-unsaturated/α-hetero) is 1. The van der Waals surface area contributed by atoms with Crippen molar-refractivity contribution in [3.05, 3.63) is 0 Å². The smallest absolute Gasteiger partial charge is 0.160 e. The van der Waals surface area contributed by atoms with Gasteiger partial charge in [0.25, 0.3) is 0 Å². The molecule has 0 unspecified atom stereocenters. The van der Waals surface area contributed by atoms with Crippen molar-refractivity contribution >= 4 is 5.78 Å². The summed E-state index contributed by atoms with van der Waals surface area (Å²) in [6.45, 7) is 1.80. The summed E-state index contributed by atoms with van der Waals surface area (Å²) < 4.78 is 0. The summed E-state index contributed by atoms with van der Waals surface area (Å²) in [5, 5.41) is 0. The Hall–Kier alpha value is -0.410. The molecule has 0 aliphatic heterocycles. The lowest BCUT2D eigenvalue weighted by Crippen LogP contribution is -2.10. The van der Waals surface area contributed by atoms with Gasteiger partial charge in [0.1, 0.15) is 6.61 Å². The largest absolute Gasteiger partial charge is 0.297 e. The van der Waals surface area contributed by atoms with E-state index in [1.807, 2.05) is 0 Å². The molecule has 2 N–H and O–H groups in total. The van der Waals surface area contributed by atoms with Gasteiger partial charge in [-0.15, -0.1) is 0 Å². The fourth-order valence-electron chi connectivity index (χ4n) is 0.195. The molecular weight excluding hydrogens is 94.0 g/mol. The van der Waals surface area contributed by atoms with Crippen LogP contribution in [0.5, 0.6) is 0 Å². The molecule has 3 heteroatoms. The molecule has 0 atom stereocenters. The van der Waals surface area contributed by atoms with Gasteiger partial charge in [0.05, 0.1) is 0 Å². The zero-order chi connectivity index (χ0) is 5.70. The summed E-state index contributed by atoms with van der Waals surface area (Å²) in [5.41, 5.74) is 0. The van der Waals surface area contributed by atoms with Gasteiger partial charge < -0.3 is 0 Å². The summed E-state index contributed by atoms with van der Waals surface area (Å²) >= 11 is 0. The van der Waals surface area contributed by atoms with E-state index in [2.05, 4.69) is 10.7 Å². The SMILES string of the molecule is CCC(=O)CON. The highest BCUT2D eigenvalue weighted by Gasteiger charge is 1.92. The van der Waals surface area contributed by atoms with Crippen LogP contribution < -0.4 is 5.90 Å². The minimum absolute atomic E-state index is 0.0301. The molecule has 0 aliphatic rings. The molecule has 0 heterocycles. The first-order chi connectivity index (χ1) is 3.31. The Balaban J connectivity index is 3.00. The van der Waals surface area contributed by atoms with Crippen LogP contribution in [0.1, 0.15) is 13.3 Å². The topological polar surface area (TPSA) is 52.3 Å². The fourth-order valence-corrected chi connectivity index (χ4v) is 0.195. The molecule has 3 nitrogen and oxygen atoms in total. The summed E-state index contributed by atoms with van der Waals surface area (Å²) in [4.78, 5) is 14.3. The molecule has 0 radical (unpaired) electrons. The average molecular weight is 103 g/mol. The second-order valence-corrected chi connectivity index (χ2v) is 1.20. The maximum atomic E-state index is 10.2. The number of hydrogen-bond acceptors (Lipinski definition) is 3. The Morgan fingerprint density at radius 2 is 2.43 bits per heavy atom. The van der Waals surface area contributed by atoms with Crippen molar-refractivity contribution in [2.24, 2.45) is 5.90 Å². The Labute approximate surface area is 42.4 Å². The lowest BCUT2D eigenvalue weighted by atomic mass is 10.3. The van der Waals surface area contributed by atoms with E-state index in [-0.39, 0.29) is 12.4 Å². The van der Waals surface area contributed by atoms with Gasteiger partial charge in [-0.2, -0.15) is 0 Å². The summed E-state index contributed by atoms with van der Waals surface area (Å²) in [5.74, 6) is 4.61. The van der Waals surface area contributed by atoms with E-state index >= 15 is 0 Å². The van der Waals surface area contributed by atoms with E-state index in [0.29, 0.717) is 6.42 Å². The van der Waals surface area contributed by atoms with Gasteiger partial charge in [0, 0.05) is 6.42 Å². The van der Waals surface area contributed by atoms with Crippen molar-refractivity contribution < 1.29 is 9.63 Å². The number of rotatable bonds is 3. The number of hydrogen-bond donors (Lipinski definition) is 1. The molecule has 7 heavy (non-hydrogen) atoms. The third kappa shape index (κ3) is 3.42. The minimum atomic E-state index is 0.0301. The second-order valence-electron chi connectivity index (χ2n) is 1.20. The minimum Gasteiger partial charge on any atom is -0.297 e. The normalized spacial score (nSPS) is 8.86. The van der Waals surface area contributed by atoms with Crippen molar-refractivity contribution in [1.29, 1.82) is 0 Å². The molecule has 0 fully saturated rings. The highest BCUT2D eigenvalue weighted by Crippen LogP contribution is 1.76. The predicted octanol–water partition coefficient (Wildman–Crippen LogP) is -0.144. The zero-order valence-corrected chi connectivity index (χ0v) is 4.31. The molecule has 0 spiro atoms. The molecule has 0 bridgehead atoms. The van der Waals surface area contributed by atoms with Crippen molar-refractivity contribution in [3.63, 3.8) is 0 Å². The number of carbonyl (C=O) groups is 1. The van der Waals surface area contributed by atoms with Gasteiger partial charge in [0.2, 0.25) is 0 Å². The van der Waals surface area contributed by atoms with Gasteiger partial charge in [-0.1, -0.05) is 6.92 Å². The van der Waals surface area contributed by atoms with Gasteiger partial charge >= 0.3 is 0 Å². The van der Waals surface area contributed by atoms with Crippen LogP contribution in [-0.4, -0.2) is 12.4 Å². The molecule has 0 rings (SSSR count). The Kier molecular flexibility index (Phi) is 3.55. The first-order valence-corrected chi connectivity index (χ1v) is 2.14. The third-order valence-electron chi connectivity index (χ3n) is 0.639. The van der Waals surface area contributed by atoms with E-state index in [4.69, 9.17) is 0 Å². The van der Waals surface area contributed by atoms with Crippen LogP contribution in [0.4, 0.5) is 0 Å². The van der Waals surface area contributed by atoms with Crippen LogP contribution in [0, 0.1) is 0 Å². The number of ketones is 1. The van der Waals surface area contributed by atoms with Crippen LogP contribution in [0.15, 0.2) is 0 Å². The first kappa shape index (κ1) is 6.59. The van der Waals surface area contributed by atoms with Crippen LogP contribution in [0.3, 0.4) is 0 Å². The summed E-state index contributed by atoms with van der Waals surface area (Å²) in [6, 6.07) is 0. The lowest BCUT2D eigenvalue weighted by molar-refractivity contribution is -0.123. The van der Waals surface area contributed by atoms with E-state index < -0.39 is 0 Å². The van der Waals surface area contributed by atoms with E-state index in [1.54, 1.807) is 6.92 Å². The van der Waals surface area contributed by atoms with Crippen LogP contribution in [-0.2, 0) is 9.63 Å². The average Bonchev–Trinajstić information content (AvgIpc) is 1.68. The summed E-state index contributed by atoms with van der Waals surface area (Å²) in [7, 11) is 0. The molecule has 0 saturated carbocycles. The van der Waals surface area contributed by atoms with E-state index in [9.17, 15) is 4.79 Å². The molecule has 0 aromatic rings.